The van der Waals surface area contributed by atoms with E-state index in [-0.39, 0.29) is 17.8 Å². The van der Waals surface area contributed by atoms with Crippen molar-refractivity contribution >= 4 is 23.5 Å². The van der Waals surface area contributed by atoms with Gasteiger partial charge in [0.1, 0.15) is 0 Å². The Kier molecular flexibility index (Phi) is 8.12. The Morgan fingerprint density at radius 1 is 1.16 bits per heavy atom. The van der Waals surface area contributed by atoms with Crippen LogP contribution in [0.3, 0.4) is 0 Å². The number of hydrogen-bond donors (Lipinski definition) is 2. The molecule has 176 valence electrons. The van der Waals surface area contributed by atoms with Crippen LogP contribution in [-0.4, -0.2) is 73.1 Å². The van der Waals surface area contributed by atoms with Gasteiger partial charge in [0.15, 0.2) is 0 Å². The van der Waals surface area contributed by atoms with E-state index in [9.17, 15) is 14.4 Å². The number of benzene rings is 1. The molecule has 1 aromatic carbocycles. The molecule has 32 heavy (non-hydrogen) atoms. The zero-order valence-electron chi connectivity index (χ0n) is 19.5. The lowest BCUT2D eigenvalue weighted by molar-refractivity contribution is -0.132. The summed E-state index contributed by atoms with van der Waals surface area (Å²) in [5.41, 5.74) is 1.31. The quantitative estimate of drug-likeness (QED) is 0.677. The van der Waals surface area contributed by atoms with Crippen molar-refractivity contribution < 1.29 is 19.1 Å². The second-order valence-corrected chi connectivity index (χ2v) is 9.19. The lowest BCUT2D eigenvalue weighted by Crippen LogP contribution is -2.53. The van der Waals surface area contributed by atoms with Gasteiger partial charge < -0.3 is 25.2 Å². The number of carbonyl (C=O) groups excluding carboxylic acids is 3. The maximum Gasteiger partial charge on any atom is 0.319 e. The number of carbonyl (C=O) groups is 3. The fraction of sp³-hybridized carbons (Fsp3) is 0.625. The molecule has 0 saturated carbocycles. The number of methoxy groups -OCH3 is 1. The molecule has 2 saturated heterocycles. The zero-order chi connectivity index (χ0) is 23.1. The molecule has 2 aliphatic rings. The maximum atomic E-state index is 13.0. The number of amides is 4. The third kappa shape index (κ3) is 6.45. The van der Waals surface area contributed by atoms with Gasteiger partial charge in [-0.05, 0) is 56.2 Å². The Morgan fingerprint density at radius 2 is 1.91 bits per heavy atom. The molecule has 3 rings (SSSR count). The van der Waals surface area contributed by atoms with Gasteiger partial charge in [0.2, 0.25) is 11.8 Å². The molecule has 0 aromatic heterocycles. The number of anilines is 1. The number of hydrogen-bond acceptors (Lipinski definition) is 4. The van der Waals surface area contributed by atoms with Crippen LogP contribution in [0.1, 0.15) is 44.6 Å². The SMILES string of the molecule is COCCC1(NC(=O)Nc2cccc(C)c2)CCN(C(=O)CC2CCN(C(C)=O)CC2)C1. The van der Waals surface area contributed by atoms with E-state index >= 15 is 0 Å². The first-order valence-corrected chi connectivity index (χ1v) is 11.5. The Balaban J connectivity index is 1.56. The van der Waals surface area contributed by atoms with Gasteiger partial charge in [-0.15, -0.1) is 0 Å². The molecule has 2 heterocycles. The molecular weight excluding hydrogens is 408 g/mol. The van der Waals surface area contributed by atoms with Gasteiger partial charge >= 0.3 is 6.03 Å². The summed E-state index contributed by atoms with van der Waals surface area (Å²) in [5, 5.41) is 6.04. The number of piperidine rings is 1. The minimum absolute atomic E-state index is 0.104. The number of nitrogens with one attached hydrogen (secondary N) is 2. The van der Waals surface area contributed by atoms with Crippen molar-refractivity contribution in [3.05, 3.63) is 29.8 Å². The molecule has 1 aromatic rings. The highest BCUT2D eigenvalue weighted by Gasteiger charge is 2.41. The zero-order valence-corrected chi connectivity index (χ0v) is 19.5. The average molecular weight is 445 g/mol. The molecule has 0 aliphatic carbocycles. The summed E-state index contributed by atoms with van der Waals surface area (Å²) in [7, 11) is 1.64. The van der Waals surface area contributed by atoms with Crippen LogP contribution in [0.4, 0.5) is 10.5 Å². The number of rotatable bonds is 7. The molecule has 1 atom stereocenters. The van der Waals surface area contributed by atoms with Crippen LogP contribution in [0.2, 0.25) is 0 Å². The topological polar surface area (TPSA) is 91.0 Å². The summed E-state index contributed by atoms with van der Waals surface area (Å²) in [5.74, 6) is 0.545. The number of aryl methyl sites for hydroxylation is 1. The van der Waals surface area contributed by atoms with E-state index in [2.05, 4.69) is 10.6 Å². The summed E-state index contributed by atoms with van der Waals surface area (Å²) in [6.45, 7) is 6.65. The van der Waals surface area contributed by atoms with Crippen molar-refractivity contribution in [2.24, 2.45) is 5.92 Å². The second kappa shape index (κ2) is 10.8. The number of urea groups is 1. The smallest absolute Gasteiger partial charge is 0.319 e. The molecular formula is C24H36N4O4. The average Bonchev–Trinajstić information content (AvgIpc) is 3.17. The highest BCUT2D eigenvalue weighted by Crippen LogP contribution is 2.28. The molecule has 0 radical (unpaired) electrons. The van der Waals surface area contributed by atoms with E-state index in [0.29, 0.717) is 44.9 Å². The number of likely N-dealkylation sites (tertiary alicyclic amines) is 2. The first kappa shape index (κ1) is 24.0. The first-order chi connectivity index (χ1) is 15.3. The summed E-state index contributed by atoms with van der Waals surface area (Å²) >= 11 is 0. The third-order valence-electron chi connectivity index (χ3n) is 6.67. The fourth-order valence-electron chi connectivity index (χ4n) is 4.71. The molecule has 2 aliphatic heterocycles. The Hall–Kier alpha value is -2.61. The molecule has 1 unspecified atom stereocenters. The predicted octanol–water partition coefficient (Wildman–Crippen LogP) is 2.77. The summed E-state index contributed by atoms with van der Waals surface area (Å²) in [4.78, 5) is 41.0. The highest BCUT2D eigenvalue weighted by molar-refractivity contribution is 5.90. The number of ether oxygens (including phenoxy) is 1. The van der Waals surface area contributed by atoms with Gasteiger partial charge in [0.25, 0.3) is 0 Å². The van der Waals surface area contributed by atoms with E-state index in [1.165, 1.54) is 0 Å². The van der Waals surface area contributed by atoms with E-state index in [1.54, 1.807) is 14.0 Å². The highest BCUT2D eigenvalue weighted by atomic mass is 16.5. The van der Waals surface area contributed by atoms with Crippen molar-refractivity contribution in [2.45, 2.75) is 51.5 Å². The van der Waals surface area contributed by atoms with Crippen LogP contribution in [-0.2, 0) is 14.3 Å². The molecule has 0 spiro atoms. The van der Waals surface area contributed by atoms with Gasteiger partial charge in [-0.25, -0.2) is 4.79 Å². The van der Waals surface area contributed by atoms with Gasteiger partial charge in [-0.3, -0.25) is 9.59 Å². The van der Waals surface area contributed by atoms with Gasteiger partial charge in [-0.2, -0.15) is 0 Å². The van der Waals surface area contributed by atoms with Crippen LogP contribution in [0, 0.1) is 12.8 Å². The Bertz CT molecular complexity index is 822. The summed E-state index contributed by atoms with van der Waals surface area (Å²) in [6, 6.07) is 7.40. The van der Waals surface area contributed by atoms with Gasteiger partial charge in [0, 0.05) is 58.9 Å². The van der Waals surface area contributed by atoms with E-state index in [0.717, 1.165) is 37.2 Å². The van der Waals surface area contributed by atoms with Crippen LogP contribution in [0.5, 0.6) is 0 Å². The van der Waals surface area contributed by atoms with Crippen molar-refractivity contribution in [1.29, 1.82) is 0 Å². The standard InChI is InChI=1S/C24H36N4O4/c1-18-5-4-6-21(15-18)25-23(31)26-24(10-14-32-3)9-13-28(17-24)22(30)16-20-7-11-27(12-8-20)19(2)29/h4-6,15,20H,7-14,16-17H2,1-3H3,(H2,25,26,31). The van der Waals surface area contributed by atoms with Crippen LogP contribution in [0.25, 0.3) is 0 Å². The molecule has 2 N–H and O–H groups in total. The van der Waals surface area contributed by atoms with Crippen LogP contribution >= 0.6 is 0 Å². The largest absolute Gasteiger partial charge is 0.385 e. The predicted molar refractivity (Wildman–Crippen MR) is 123 cm³/mol. The first-order valence-electron chi connectivity index (χ1n) is 11.5. The molecule has 8 heteroatoms. The summed E-state index contributed by atoms with van der Waals surface area (Å²) in [6.07, 6.45) is 3.58. The number of nitrogens with zero attached hydrogens (tertiary/aromatic N) is 2. The minimum atomic E-state index is -0.502. The molecule has 4 amide bonds. The van der Waals surface area contributed by atoms with Crippen LogP contribution in [0.15, 0.2) is 24.3 Å². The van der Waals surface area contributed by atoms with Crippen molar-refractivity contribution in [3.63, 3.8) is 0 Å². The maximum absolute atomic E-state index is 13.0. The minimum Gasteiger partial charge on any atom is -0.385 e. The van der Waals surface area contributed by atoms with Gasteiger partial charge in [0.05, 0.1) is 5.54 Å². The third-order valence-corrected chi connectivity index (χ3v) is 6.67. The normalized spacial score (nSPS) is 21.5. The molecule has 0 bridgehead atoms. The van der Waals surface area contributed by atoms with Crippen molar-refractivity contribution in [3.8, 4) is 0 Å². The monoisotopic (exact) mass is 444 g/mol. The molecule has 2 fully saturated rings. The second-order valence-electron chi connectivity index (χ2n) is 9.19. The lowest BCUT2D eigenvalue weighted by Gasteiger charge is -2.33. The lowest BCUT2D eigenvalue weighted by atomic mass is 9.92. The van der Waals surface area contributed by atoms with Crippen molar-refractivity contribution in [2.75, 3.05) is 45.2 Å². The summed E-state index contributed by atoms with van der Waals surface area (Å²) < 4.78 is 5.28. The van der Waals surface area contributed by atoms with E-state index < -0.39 is 5.54 Å². The molecule has 8 nitrogen and oxygen atoms in total. The van der Waals surface area contributed by atoms with E-state index in [4.69, 9.17) is 4.74 Å². The van der Waals surface area contributed by atoms with E-state index in [1.807, 2.05) is 41.0 Å². The Labute approximate surface area is 190 Å². The fourth-order valence-corrected chi connectivity index (χ4v) is 4.71. The van der Waals surface area contributed by atoms with Crippen LogP contribution < -0.4 is 10.6 Å². The Morgan fingerprint density at radius 3 is 2.56 bits per heavy atom. The van der Waals surface area contributed by atoms with Gasteiger partial charge in [-0.1, -0.05) is 12.1 Å². The van der Waals surface area contributed by atoms with Crippen molar-refractivity contribution in [1.82, 2.24) is 15.1 Å².